The molecule has 122 valence electrons. The standard InChI is InChI=1S/C17H23N5O/c1-18-14-5-6-15(21-10-14)16-12-22(8-9-23-16)11-13-4-3-7-20-17(13)19-2/h3-7,10,16,18H,8-9,11-12H2,1-2H3,(H,19,20). The van der Waals surface area contributed by atoms with Gasteiger partial charge >= 0.3 is 0 Å². The van der Waals surface area contributed by atoms with Crippen LogP contribution in [0.15, 0.2) is 36.7 Å². The largest absolute Gasteiger partial charge is 0.387 e. The van der Waals surface area contributed by atoms with Crippen LogP contribution in [0.1, 0.15) is 17.4 Å². The summed E-state index contributed by atoms with van der Waals surface area (Å²) in [5.41, 5.74) is 3.19. The van der Waals surface area contributed by atoms with E-state index < -0.39 is 0 Å². The molecule has 0 aromatic carbocycles. The molecule has 0 bridgehead atoms. The zero-order valence-electron chi connectivity index (χ0n) is 13.6. The van der Waals surface area contributed by atoms with Crippen LogP contribution in [0.4, 0.5) is 11.5 Å². The van der Waals surface area contributed by atoms with E-state index in [0.29, 0.717) is 0 Å². The summed E-state index contributed by atoms with van der Waals surface area (Å²) in [6.07, 6.45) is 3.67. The molecule has 0 amide bonds. The Labute approximate surface area is 136 Å². The van der Waals surface area contributed by atoms with Gasteiger partial charge in [-0.2, -0.15) is 0 Å². The molecule has 3 heterocycles. The Bertz CT molecular complexity index is 631. The molecule has 0 aliphatic carbocycles. The zero-order valence-corrected chi connectivity index (χ0v) is 13.6. The lowest BCUT2D eigenvalue weighted by molar-refractivity contribution is -0.0349. The number of anilines is 2. The summed E-state index contributed by atoms with van der Waals surface area (Å²) < 4.78 is 5.91. The van der Waals surface area contributed by atoms with Gasteiger partial charge < -0.3 is 15.4 Å². The fraction of sp³-hybridized carbons (Fsp3) is 0.412. The third-order valence-electron chi connectivity index (χ3n) is 4.08. The Morgan fingerprint density at radius 2 is 2.13 bits per heavy atom. The second kappa shape index (κ2) is 7.39. The number of pyridine rings is 2. The van der Waals surface area contributed by atoms with Crippen molar-refractivity contribution < 1.29 is 4.74 Å². The highest BCUT2D eigenvalue weighted by Crippen LogP contribution is 2.23. The molecule has 0 saturated carbocycles. The summed E-state index contributed by atoms with van der Waals surface area (Å²) in [5.74, 6) is 0.937. The monoisotopic (exact) mass is 313 g/mol. The van der Waals surface area contributed by atoms with Crippen LogP contribution in [0.5, 0.6) is 0 Å². The van der Waals surface area contributed by atoms with Crippen molar-refractivity contribution in [3.05, 3.63) is 47.9 Å². The van der Waals surface area contributed by atoms with Gasteiger partial charge in [-0.3, -0.25) is 9.88 Å². The number of rotatable bonds is 5. The maximum atomic E-state index is 5.91. The molecule has 2 N–H and O–H groups in total. The molecule has 3 rings (SSSR count). The van der Waals surface area contributed by atoms with Crippen molar-refractivity contribution in [2.24, 2.45) is 0 Å². The van der Waals surface area contributed by atoms with Crippen LogP contribution in [0.2, 0.25) is 0 Å². The Morgan fingerprint density at radius 3 is 2.87 bits per heavy atom. The minimum absolute atomic E-state index is 0.0179. The lowest BCUT2D eigenvalue weighted by atomic mass is 10.1. The maximum absolute atomic E-state index is 5.91. The van der Waals surface area contributed by atoms with Gasteiger partial charge in [0.15, 0.2) is 0 Å². The van der Waals surface area contributed by atoms with Crippen molar-refractivity contribution in [1.29, 1.82) is 0 Å². The minimum atomic E-state index is 0.0179. The van der Waals surface area contributed by atoms with E-state index in [4.69, 9.17) is 4.74 Å². The van der Waals surface area contributed by atoms with E-state index in [0.717, 1.165) is 43.4 Å². The van der Waals surface area contributed by atoms with Crippen molar-refractivity contribution >= 4 is 11.5 Å². The number of nitrogens with one attached hydrogen (secondary N) is 2. The van der Waals surface area contributed by atoms with Gasteiger partial charge in [-0.05, 0) is 18.2 Å². The van der Waals surface area contributed by atoms with Crippen molar-refractivity contribution in [3.8, 4) is 0 Å². The number of ether oxygens (including phenoxy) is 1. The SMILES string of the molecule is CNc1ccc(C2CN(Cc3cccnc3NC)CCO2)nc1. The van der Waals surface area contributed by atoms with Crippen LogP contribution in [0.3, 0.4) is 0 Å². The highest BCUT2D eigenvalue weighted by atomic mass is 16.5. The van der Waals surface area contributed by atoms with Gasteiger partial charge in [-0.25, -0.2) is 4.98 Å². The number of morpholine rings is 1. The summed E-state index contributed by atoms with van der Waals surface area (Å²) in [6, 6.07) is 8.16. The summed E-state index contributed by atoms with van der Waals surface area (Å²) in [4.78, 5) is 11.3. The molecule has 1 aliphatic rings. The van der Waals surface area contributed by atoms with E-state index in [1.165, 1.54) is 5.56 Å². The predicted molar refractivity (Wildman–Crippen MR) is 91.5 cm³/mol. The Morgan fingerprint density at radius 1 is 1.22 bits per heavy atom. The topological polar surface area (TPSA) is 62.3 Å². The summed E-state index contributed by atoms with van der Waals surface area (Å²) in [6.45, 7) is 3.33. The molecule has 0 radical (unpaired) electrons. The van der Waals surface area contributed by atoms with Gasteiger partial charge in [-0.1, -0.05) is 6.07 Å². The lowest BCUT2D eigenvalue weighted by Gasteiger charge is -2.33. The molecule has 2 aromatic rings. The van der Waals surface area contributed by atoms with E-state index in [9.17, 15) is 0 Å². The minimum Gasteiger partial charge on any atom is -0.387 e. The lowest BCUT2D eigenvalue weighted by Crippen LogP contribution is -2.38. The summed E-state index contributed by atoms with van der Waals surface area (Å²) >= 11 is 0. The second-order valence-electron chi connectivity index (χ2n) is 5.58. The van der Waals surface area contributed by atoms with Crippen LogP contribution in [-0.2, 0) is 11.3 Å². The first-order valence-corrected chi connectivity index (χ1v) is 7.89. The molecule has 1 unspecified atom stereocenters. The Balaban J connectivity index is 1.68. The third kappa shape index (κ3) is 3.78. The third-order valence-corrected chi connectivity index (χ3v) is 4.08. The van der Waals surface area contributed by atoms with E-state index in [2.05, 4.69) is 31.6 Å². The molecule has 2 aromatic heterocycles. The highest BCUT2D eigenvalue weighted by molar-refractivity contribution is 5.43. The highest BCUT2D eigenvalue weighted by Gasteiger charge is 2.23. The van der Waals surface area contributed by atoms with E-state index in [1.807, 2.05) is 44.7 Å². The Kier molecular flexibility index (Phi) is 5.05. The van der Waals surface area contributed by atoms with Crippen molar-refractivity contribution in [2.45, 2.75) is 12.6 Å². The molecule has 1 fully saturated rings. The number of nitrogens with zero attached hydrogens (tertiary/aromatic N) is 3. The van der Waals surface area contributed by atoms with Gasteiger partial charge in [0.1, 0.15) is 11.9 Å². The van der Waals surface area contributed by atoms with Gasteiger partial charge in [0.05, 0.1) is 24.2 Å². The molecule has 1 atom stereocenters. The number of hydrogen-bond donors (Lipinski definition) is 2. The van der Waals surface area contributed by atoms with E-state index in [1.54, 1.807) is 0 Å². The molecule has 1 saturated heterocycles. The predicted octanol–water partition coefficient (Wildman–Crippen LogP) is 2.13. The molecule has 23 heavy (non-hydrogen) atoms. The quantitative estimate of drug-likeness (QED) is 0.882. The average Bonchev–Trinajstić information content (AvgIpc) is 2.62. The fourth-order valence-electron chi connectivity index (χ4n) is 2.80. The van der Waals surface area contributed by atoms with Crippen LogP contribution in [-0.4, -0.2) is 48.7 Å². The smallest absolute Gasteiger partial charge is 0.130 e. The first kappa shape index (κ1) is 15.7. The van der Waals surface area contributed by atoms with Gasteiger partial charge in [0.25, 0.3) is 0 Å². The average molecular weight is 313 g/mol. The van der Waals surface area contributed by atoms with Crippen LogP contribution >= 0.6 is 0 Å². The number of aromatic nitrogens is 2. The van der Waals surface area contributed by atoms with Crippen molar-refractivity contribution in [2.75, 3.05) is 44.4 Å². The van der Waals surface area contributed by atoms with Gasteiger partial charge in [-0.15, -0.1) is 0 Å². The Hall–Kier alpha value is -2.18. The van der Waals surface area contributed by atoms with Gasteiger partial charge in [0, 0.05) is 45.5 Å². The normalized spacial score (nSPS) is 18.6. The van der Waals surface area contributed by atoms with Crippen LogP contribution in [0.25, 0.3) is 0 Å². The van der Waals surface area contributed by atoms with Crippen molar-refractivity contribution in [1.82, 2.24) is 14.9 Å². The first-order valence-electron chi connectivity index (χ1n) is 7.89. The molecule has 6 heteroatoms. The summed E-state index contributed by atoms with van der Waals surface area (Å²) in [7, 11) is 3.80. The second-order valence-corrected chi connectivity index (χ2v) is 5.58. The van der Waals surface area contributed by atoms with Crippen molar-refractivity contribution in [3.63, 3.8) is 0 Å². The maximum Gasteiger partial charge on any atom is 0.130 e. The van der Waals surface area contributed by atoms with Gasteiger partial charge in [0.2, 0.25) is 0 Å². The van der Waals surface area contributed by atoms with Crippen LogP contribution < -0.4 is 10.6 Å². The molecule has 0 spiro atoms. The zero-order chi connectivity index (χ0) is 16.1. The summed E-state index contributed by atoms with van der Waals surface area (Å²) in [5, 5.41) is 6.24. The molecule has 6 nitrogen and oxygen atoms in total. The molecule has 1 aliphatic heterocycles. The molecular formula is C17H23N5O. The fourth-order valence-corrected chi connectivity index (χ4v) is 2.80. The number of hydrogen-bond acceptors (Lipinski definition) is 6. The van der Waals surface area contributed by atoms with Crippen LogP contribution in [0, 0.1) is 0 Å². The first-order chi connectivity index (χ1) is 11.3. The van der Waals surface area contributed by atoms with E-state index in [-0.39, 0.29) is 6.10 Å². The van der Waals surface area contributed by atoms with E-state index >= 15 is 0 Å². The molecular weight excluding hydrogens is 290 g/mol.